The summed E-state index contributed by atoms with van der Waals surface area (Å²) in [5.74, 6) is 0.356. The van der Waals surface area contributed by atoms with E-state index in [9.17, 15) is 13.2 Å². The lowest BCUT2D eigenvalue weighted by molar-refractivity contribution is -0.118. The quantitative estimate of drug-likeness (QED) is 0.776. The zero-order valence-electron chi connectivity index (χ0n) is 9.44. The Morgan fingerprint density at radius 1 is 1.62 bits per heavy atom. The van der Waals surface area contributed by atoms with Gasteiger partial charge in [-0.1, -0.05) is 6.92 Å². The van der Waals surface area contributed by atoms with Crippen LogP contribution < -0.4 is 4.72 Å². The van der Waals surface area contributed by atoms with E-state index in [1.807, 2.05) is 6.92 Å². The van der Waals surface area contributed by atoms with Crippen LogP contribution in [0.4, 0.5) is 0 Å². The van der Waals surface area contributed by atoms with E-state index in [-0.39, 0.29) is 10.8 Å². The molecule has 6 nitrogen and oxygen atoms in total. The molecular formula is C9H15N3O3S. The van der Waals surface area contributed by atoms with Crippen LogP contribution in [0, 0.1) is 0 Å². The van der Waals surface area contributed by atoms with Crippen LogP contribution in [0.15, 0.2) is 11.2 Å². The number of nitrogens with one attached hydrogen (secondary N) is 2. The second kappa shape index (κ2) is 4.75. The molecule has 0 aliphatic heterocycles. The van der Waals surface area contributed by atoms with Crippen molar-refractivity contribution in [3.8, 4) is 0 Å². The van der Waals surface area contributed by atoms with Gasteiger partial charge in [-0.2, -0.15) is 4.72 Å². The number of aromatic amines is 1. The summed E-state index contributed by atoms with van der Waals surface area (Å²) in [7, 11) is -3.68. The molecule has 0 bridgehead atoms. The standard InChI is InChI=1S/C9H15N3O3S/c1-4-8-10-5-9(11-8)16(14,15)12-6(2)7(3)13/h5-6,12H,4H2,1-3H3,(H,10,11). The summed E-state index contributed by atoms with van der Waals surface area (Å²) in [6, 6.07) is -0.738. The van der Waals surface area contributed by atoms with Crippen LogP contribution in [0.25, 0.3) is 0 Å². The molecule has 0 saturated carbocycles. The van der Waals surface area contributed by atoms with Gasteiger partial charge in [-0.3, -0.25) is 4.79 Å². The second-order valence-corrected chi connectivity index (χ2v) is 5.18. The van der Waals surface area contributed by atoms with Crippen molar-refractivity contribution in [3.63, 3.8) is 0 Å². The minimum Gasteiger partial charge on any atom is -0.332 e. The van der Waals surface area contributed by atoms with E-state index >= 15 is 0 Å². The molecule has 0 amide bonds. The van der Waals surface area contributed by atoms with Crippen LogP contribution in [-0.2, 0) is 21.2 Å². The summed E-state index contributed by atoms with van der Waals surface area (Å²) < 4.78 is 25.7. The maximum absolute atomic E-state index is 11.7. The third-order valence-corrected chi connectivity index (χ3v) is 3.62. The maximum atomic E-state index is 11.7. The molecule has 1 unspecified atom stereocenters. The van der Waals surface area contributed by atoms with E-state index in [4.69, 9.17) is 0 Å². The lowest BCUT2D eigenvalue weighted by Crippen LogP contribution is -2.37. The van der Waals surface area contributed by atoms with Gasteiger partial charge in [-0.05, 0) is 13.8 Å². The minimum absolute atomic E-state index is 0.0162. The van der Waals surface area contributed by atoms with Crippen molar-refractivity contribution in [1.29, 1.82) is 0 Å². The number of hydrogen-bond acceptors (Lipinski definition) is 4. The van der Waals surface area contributed by atoms with Gasteiger partial charge in [0.2, 0.25) is 0 Å². The Bertz CT molecular complexity index is 478. The number of H-pyrrole nitrogens is 1. The van der Waals surface area contributed by atoms with Gasteiger partial charge in [0.25, 0.3) is 10.0 Å². The summed E-state index contributed by atoms with van der Waals surface area (Å²) in [5, 5.41) is -0.0162. The van der Waals surface area contributed by atoms with E-state index in [0.29, 0.717) is 12.2 Å². The molecular weight excluding hydrogens is 230 g/mol. The summed E-state index contributed by atoms with van der Waals surface area (Å²) in [4.78, 5) is 17.5. The molecule has 2 N–H and O–H groups in total. The van der Waals surface area contributed by atoms with E-state index in [0.717, 1.165) is 0 Å². The predicted octanol–water partition coefficient (Wildman–Crippen LogP) is 0.228. The smallest absolute Gasteiger partial charge is 0.258 e. The van der Waals surface area contributed by atoms with Crippen LogP contribution in [0.5, 0.6) is 0 Å². The van der Waals surface area contributed by atoms with Crippen LogP contribution >= 0.6 is 0 Å². The highest BCUT2D eigenvalue weighted by Crippen LogP contribution is 2.06. The number of rotatable bonds is 5. The lowest BCUT2D eigenvalue weighted by atomic mass is 10.3. The number of aryl methyl sites for hydroxylation is 1. The second-order valence-electron chi connectivity index (χ2n) is 3.50. The Hall–Kier alpha value is -1.21. The molecule has 0 aliphatic rings. The molecule has 90 valence electrons. The van der Waals surface area contributed by atoms with Crippen LogP contribution in [-0.4, -0.2) is 30.2 Å². The van der Waals surface area contributed by atoms with Crippen molar-refractivity contribution < 1.29 is 13.2 Å². The van der Waals surface area contributed by atoms with E-state index in [1.165, 1.54) is 20.0 Å². The van der Waals surface area contributed by atoms with Gasteiger partial charge in [-0.25, -0.2) is 13.4 Å². The van der Waals surface area contributed by atoms with Gasteiger partial charge >= 0.3 is 0 Å². The topological polar surface area (TPSA) is 91.9 Å². The molecule has 1 heterocycles. The number of imidazole rings is 1. The maximum Gasteiger partial charge on any atom is 0.258 e. The van der Waals surface area contributed by atoms with Crippen molar-refractivity contribution in [3.05, 3.63) is 12.0 Å². The molecule has 1 aromatic rings. The summed E-state index contributed by atoms with van der Waals surface area (Å²) in [5.41, 5.74) is 0. The molecule has 16 heavy (non-hydrogen) atoms. The zero-order valence-corrected chi connectivity index (χ0v) is 10.3. The third kappa shape index (κ3) is 2.89. The number of nitrogens with zero attached hydrogens (tertiary/aromatic N) is 1. The Labute approximate surface area is 94.5 Å². The summed E-state index contributed by atoms with van der Waals surface area (Å²) in [6.45, 7) is 4.69. The summed E-state index contributed by atoms with van der Waals surface area (Å²) in [6.07, 6.45) is 1.87. The zero-order chi connectivity index (χ0) is 12.3. The average Bonchev–Trinajstić information content (AvgIpc) is 2.65. The Balaban J connectivity index is 2.90. The van der Waals surface area contributed by atoms with Gasteiger partial charge in [0.05, 0.1) is 12.2 Å². The molecule has 0 aliphatic carbocycles. The van der Waals surface area contributed by atoms with Crippen LogP contribution in [0.1, 0.15) is 26.6 Å². The predicted molar refractivity (Wildman–Crippen MR) is 58.4 cm³/mol. The highest BCUT2D eigenvalue weighted by atomic mass is 32.2. The monoisotopic (exact) mass is 245 g/mol. The fourth-order valence-electron chi connectivity index (χ4n) is 1.04. The number of carbonyl (C=O) groups excluding carboxylic acids is 1. The van der Waals surface area contributed by atoms with Crippen LogP contribution in [0.3, 0.4) is 0 Å². The third-order valence-electron chi connectivity index (χ3n) is 2.17. The molecule has 1 rings (SSSR count). The highest BCUT2D eigenvalue weighted by molar-refractivity contribution is 7.89. The van der Waals surface area contributed by atoms with Crippen molar-refractivity contribution >= 4 is 15.8 Å². The molecule has 0 radical (unpaired) electrons. The molecule has 0 fully saturated rings. The van der Waals surface area contributed by atoms with Gasteiger partial charge < -0.3 is 4.98 Å². The number of carbonyl (C=O) groups is 1. The van der Waals surface area contributed by atoms with Crippen molar-refractivity contribution in [2.75, 3.05) is 0 Å². The Kier molecular flexibility index (Phi) is 3.82. The number of ketones is 1. The van der Waals surface area contributed by atoms with Gasteiger partial charge in [0.15, 0.2) is 5.03 Å². The molecule has 1 atom stereocenters. The van der Waals surface area contributed by atoms with Crippen LogP contribution in [0.2, 0.25) is 0 Å². The fourth-order valence-corrected chi connectivity index (χ4v) is 2.24. The molecule has 0 spiro atoms. The number of aromatic nitrogens is 2. The average molecular weight is 245 g/mol. The highest BCUT2D eigenvalue weighted by Gasteiger charge is 2.21. The van der Waals surface area contributed by atoms with Gasteiger partial charge in [0, 0.05) is 6.42 Å². The molecule has 0 aromatic carbocycles. The lowest BCUT2D eigenvalue weighted by Gasteiger charge is -2.09. The SMILES string of the molecule is CCc1ncc(S(=O)(=O)NC(C)C(C)=O)[nH]1. The number of sulfonamides is 1. The van der Waals surface area contributed by atoms with Crippen molar-refractivity contribution in [2.45, 2.75) is 38.3 Å². The number of Topliss-reactive ketones (excluding diaryl/α,β-unsaturated/α-hetero) is 1. The minimum atomic E-state index is -3.68. The first kappa shape index (κ1) is 12.9. The van der Waals surface area contributed by atoms with Crippen molar-refractivity contribution in [2.24, 2.45) is 0 Å². The molecule has 0 saturated heterocycles. The van der Waals surface area contributed by atoms with Gasteiger partial charge in [0.1, 0.15) is 11.6 Å². The van der Waals surface area contributed by atoms with E-state index in [1.54, 1.807) is 0 Å². The largest absolute Gasteiger partial charge is 0.332 e. The fraction of sp³-hybridized carbons (Fsp3) is 0.556. The first-order valence-corrected chi connectivity index (χ1v) is 6.41. The normalized spacial score (nSPS) is 13.7. The molecule has 7 heteroatoms. The van der Waals surface area contributed by atoms with E-state index < -0.39 is 16.1 Å². The summed E-state index contributed by atoms with van der Waals surface area (Å²) >= 11 is 0. The van der Waals surface area contributed by atoms with E-state index in [2.05, 4.69) is 14.7 Å². The Morgan fingerprint density at radius 2 is 2.25 bits per heavy atom. The first-order valence-electron chi connectivity index (χ1n) is 4.93. The van der Waals surface area contributed by atoms with Crippen molar-refractivity contribution in [1.82, 2.24) is 14.7 Å². The Morgan fingerprint density at radius 3 is 2.69 bits per heavy atom. The number of hydrogen-bond donors (Lipinski definition) is 2. The molecule has 1 aromatic heterocycles. The van der Waals surface area contributed by atoms with Gasteiger partial charge in [-0.15, -0.1) is 0 Å². The first-order chi connectivity index (χ1) is 7.36.